The van der Waals surface area contributed by atoms with E-state index in [1.54, 1.807) is 0 Å². The van der Waals surface area contributed by atoms with Crippen molar-refractivity contribution in [2.45, 2.75) is 208 Å². The van der Waals surface area contributed by atoms with Gasteiger partial charge in [0, 0.05) is 12.3 Å². The molecule has 0 unspecified atom stereocenters. The Morgan fingerprint density at radius 1 is 0.529 bits per heavy atom. The van der Waals surface area contributed by atoms with E-state index in [9.17, 15) is 4.79 Å². The summed E-state index contributed by atoms with van der Waals surface area (Å²) in [6.07, 6.45) is 50.9. The van der Waals surface area contributed by atoms with Gasteiger partial charge in [-0.3, -0.25) is 4.79 Å². The highest BCUT2D eigenvalue weighted by molar-refractivity contribution is 5.88. The van der Waals surface area contributed by atoms with Crippen LogP contribution in [-0.4, -0.2) is 37.2 Å². The third-order valence-electron chi connectivity index (χ3n) is 10.6. The van der Waals surface area contributed by atoms with E-state index < -0.39 is 5.41 Å². The van der Waals surface area contributed by atoms with Crippen molar-refractivity contribution >= 4 is 11.6 Å². The topological polar surface area (TPSA) is 44.7 Å². The predicted molar refractivity (Wildman–Crippen MR) is 230 cm³/mol. The highest BCUT2D eigenvalue weighted by atomic mass is 16.2. The van der Waals surface area contributed by atoms with Crippen molar-refractivity contribution in [2.24, 2.45) is 15.9 Å². The summed E-state index contributed by atoms with van der Waals surface area (Å²) in [6, 6.07) is 0. The van der Waals surface area contributed by atoms with E-state index in [1.165, 1.54) is 134 Å². The lowest BCUT2D eigenvalue weighted by Crippen LogP contribution is -2.49. The lowest BCUT2D eigenvalue weighted by molar-refractivity contribution is -0.136. The molecule has 0 aromatic carbocycles. The second-order valence-electron chi connectivity index (χ2n) is 16.5. The fourth-order valence-electron chi connectivity index (χ4n) is 6.44. The fraction of sp³-hybridized carbons (Fsp3) is 0.787. The van der Waals surface area contributed by atoms with Gasteiger partial charge in [-0.25, -0.2) is 5.43 Å². The van der Waals surface area contributed by atoms with Crippen molar-refractivity contribution in [1.82, 2.24) is 10.3 Å². The molecule has 0 rings (SSSR count). The van der Waals surface area contributed by atoms with E-state index >= 15 is 0 Å². The first-order chi connectivity index (χ1) is 24.6. The average molecular weight is 710 g/mol. The quantitative estimate of drug-likeness (QED) is 0.0308. The van der Waals surface area contributed by atoms with Gasteiger partial charge in [-0.15, -0.1) is 0 Å². The van der Waals surface area contributed by atoms with Gasteiger partial charge in [-0.05, 0) is 109 Å². The average Bonchev–Trinajstić information content (AvgIpc) is 3.08. The number of carbonyl (C=O) groups excluding carboxylic acids is 1. The summed E-state index contributed by atoms with van der Waals surface area (Å²) in [4.78, 5) is 15.6. The van der Waals surface area contributed by atoms with E-state index in [2.05, 4.69) is 115 Å². The molecule has 0 aromatic rings. The number of hydrogen-bond acceptors (Lipinski definition) is 3. The minimum Gasteiger partial charge on any atom is -0.309 e. The number of allylic oxidation sites excluding steroid dienone is 8. The highest BCUT2D eigenvalue weighted by Gasteiger charge is 2.43. The maximum Gasteiger partial charge on any atom is 0.246 e. The molecule has 1 amide bonds. The zero-order valence-electron chi connectivity index (χ0n) is 35.5. The maximum atomic E-state index is 13.4. The van der Waals surface area contributed by atoms with Crippen LogP contribution in [-0.2, 0) is 4.79 Å². The van der Waals surface area contributed by atoms with Crippen LogP contribution in [0.5, 0.6) is 0 Å². The number of unbranched alkanes of at least 4 members (excludes halogenated alkanes) is 18. The summed E-state index contributed by atoms with van der Waals surface area (Å²) in [5.41, 5.74) is 3.51. The van der Waals surface area contributed by atoms with Crippen LogP contribution in [0.4, 0.5) is 0 Å². The second kappa shape index (κ2) is 33.9. The van der Waals surface area contributed by atoms with Crippen LogP contribution in [0.15, 0.2) is 53.7 Å². The minimum atomic E-state index is -0.522. The van der Waals surface area contributed by atoms with Crippen LogP contribution >= 0.6 is 0 Å². The summed E-state index contributed by atoms with van der Waals surface area (Å²) in [6.45, 7) is 13.9. The van der Waals surface area contributed by atoms with Gasteiger partial charge in [0.25, 0.3) is 0 Å². The Hall–Kier alpha value is -1.94. The molecule has 4 nitrogen and oxygen atoms in total. The van der Waals surface area contributed by atoms with Crippen LogP contribution in [0.2, 0.25) is 0 Å². The van der Waals surface area contributed by atoms with Crippen LogP contribution in [0.3, 0.4) is 0 Å². The van der Waals surface area contributed by atoms with Gasteiger partial charge in [0.1, 0.15) is 0 Å². The minimum absolute atomic E-state index is 0.0286. The van der Waals surface area contributed by atoms with E-state index in [-0.39, 0.29) is 11.3 Å². The van der Waals surface area contributed by atoms with Gasteiger partial charge in [-0.2, -0.15) is 5.10 Å². The molecule has 296 valence electrons. The molecule has 0 fully saturated rings. The van der Waals surface area contributed by atoms with Crippen molar-refractivity contribution in [1.29, 1.82) is 0 Å². The first-order valence-corrected chi connectivity index (χ1v) is 21.7. The zero-order valence-corrected chi connectivity index (χ0v) is 35.5. The molecule has 0 radical (unpaired) electrons. The number of hydrazone groups is 1. The number of nitrogens with zero attached hydrogens (tertiary/aromatic N) is 2. The van der Waals surface area contributed by atoms with Crippen LogP contribution in [0.25, 0.3) is 0 Å². The molecular weight excluding hydrogens is 623 g/mol. The first-order valence-electron chi connectivity index (χ1n) is 21.7. The van der Waals surface area contributed by atoms with Gasteiger partial charge in [0.2, 0.25) is 5.91 Å². The number of carbonyl (C=O) groups is 1. The molecular formula is C47H87N3O. The molecule has 0 aliphatic heterocycles. The largest absolute Gasteiger partial charge is 0.309 e. The summed E-state index contributed by atoms with van der Waals surface area (Å²) < 4.78 is 0. The van der Waals surface area contributed by atoms with Gasteiger partial charge in [0.05, 0.1) is 5.41 Å². The Morgan fingerprint density at radius 3 is 1.25 bits per heavy atom. The van der Waals surface area contributed by atoms with Gasteiger partial charge in [0.15, 0.2) is 0 Å². The van der Waals surface area contributed by atoms with Crippen molar-refractivity contribution in [2.75, 3.05) is 20.6 Å². The van der Waals surface area contributed by atoms with Gasteiger partial charge in [-0.1, -0.05) is 167 Å². The summed E-state index contributed by atoms with van der Waals surface area (Å²) in [5, 5.41) is 4.78. The van der Waals surface area contributed by atoms with Gasteiger partial charge >= 0.3 is 0 Å². The van der Waals surface area contributed by atoms with Crippen molar-refractivity contribution in [3.63, 3.8) is 0 Å². The maximum absolute atomic E-state index is 13.4. The standard InChI is InChI=1S/C47H87N3O/c1-9-11-13-15-17-19-21-23-25-27-29-31-33-35-37-39-41-44(48-49-45(51)47(5,6)46(3,4)43-50(7)8)42-40-38-36-34-32-30-28-26-24-22-20-18-16-14-12-10-2/h17-20,23-26H,9-16,21-22,27-43H2,1-8H3,(H,49,51)/b19-17-,20-18-,25-23-,26-24-. The van der Waals surface area contributed by atoms with E-state index in [0.29, 0.717) is 0 Å². The van der Waals surface area contributed by atoms with E-state index in [1.807, 2.05) is 0 Å². The summed E-state index contributed by atoms with van der Waals surface area (Å²) in [7, 11) is 4.15. The van der Waals surface area contributed by atoms with Crippen molar-refractivity contribution < 1.29 is 4.79 Å². The fourth-order valence-corrected chi connectivity index (χ4v) is 6.44. The van der Waals surface area contributed by atoms with E-state index in [4.69, 9.17) is 5.10 Å². The van der Waals surface area contributed by atoms with Gasteiger partial charge < -0.3 is 4.90 Å². The van der Waals surface area contributed by atoms with Crippen molar-refractivity contribution in [3.8, 4) is 0 Å². The molecule has 4 heteroatoms. The Balaban J connectivity index is 4.53. The number of hydrogen-bond donors (Lipinski definition) is 1. The van der Waals surface area contributed by atoms with Crippen LogP contribution < -0.4 is 5.43 Å². The molecule has 0 saturated carbocycles. The summed E-state index contributed by atoms with van der Waals surface area (Å²) in [5.74, 6) is 0.0286. The molecule has 1 N–H and O–H groups in total. The Morgan fingerprint density at radius 2 is 0.882 bits per heavy atom. The number of amides is 1. The molecule has 0 atom stereocenters. The Labute approximate surface area is 319 Å². The normalized spacial score (nSPS) is 12.8. The third-order valence-corrected chi connectivity index (χ3v) is 10.6. The SMILES string of the molecule is CCCCC/C=C\C/C=C\CCCCCCCCC(CCCCCCCC/C=C\C/C=C\CCCCC)=NNC(=O)C(C)(C)C(C)(C)CN(C)C. The molecule has 0 saturated heterocycles. The molecule has 0 aromatic heterocycles. The molecule has 51 heavy (non-hydrogen) atoms. The zero-order chi connectivity index (χ0) is 37.9. The number of rotatable bonds is 35. The molecule has 0 heterocycles. The monoisotopic (exact) mass is 710 g/mol. The molecule has 0 bridgehead atoms. The van der Waals surface area contributed by atoms with E-state index in [0.717, 1.165) is 45.1 Å². The first kappa shape index (κ1) is 49.1. The van der Waals surface area contributed by atoms with Crippen LogP contribution in [0.1, 0.15) is 208 Å². The Bertz CT molecular complexity index is 903. The lowest BCUT2D eigenvalue weighted by Gasteiger charge is -2.41. The highest BCUT2D eigenvalue weighted by Crippen LogP contribution is 2.39. The number of nitrogens with one attached hydrogen (secondary N) is 1. The smallest absolute Gasteiger partial charge is 0.246 e. The third kappa shape index (κ3) is 29.2. The molecule has 0 spiro atoms. The van der Waals surface area contributed by atoms with Crippen LogP contribution in [0, 0.1) is 10.8 Å². The molecule has 0 aliphatic rings. The predicted octanol–water partition coefficient (Wildman–Crippen LogP) is 14.5. The Kier molecular flexibility index (Phi) is 32.6. The van der Waals surface area contributed by atoms with Crippen molar-refractivity contribution in [3.05, 3.63) is 48.6 Å². The summed E-state index contributed by atoms with van der Waals surface area (Å²) >= 11 is 0. The second-order valence-corrected chi connectivity index (χ2v) is 16.5. The lowest BCUT2D eigenvalue weighted by atomic mass is 9.67. The molecule has 0 aliphatic carbocycles.